The monoisotopic (exact) mass is 423 g/mol. The van der Waals surface area contributed by atoms with Crippen LogP contribution in [0.15, 0.2) is 65.1 Å². The number of alkyl halides is 3. The average molecular weight is 423 g/mol. The third-order valence-corrected chi connectivity index (χ3v) is 6.51. The van der Waals surface area contributed by atoms with Crippen LogP contribution in [0.3, 0.4) is 0 Å². The van der Waals surface area contributed by atoms with Crippen LogP contribution in [-0.4, -0.2) is 7.05 Å². The van der Waals surface area contributed by atoms with Gasteiger partial charge in [-0.15, -0.1) is 0 Å². The van der Waals surface area contributed by atoms with Crippen LogP contribution in [0.5, 0.6) is 0 Å². The van der Waals surface area contributed by atoms with Crippen molar-refractivity contribution < 1.29 is 17.6 Å². The van der Waals surface area contributed by atoms with E-state index in [-0.39, 0.29) is 5.58 Å². The highest BCUT2D eigenvalue weighted by molar-refractivity contribution is 6.10. The van der Waals surface area contributed by atoms with E-state index in [2.05, 4.69) is 23.1 Å². The highest BCUT2D eigenvalue weighted by Crippen LogP contribution is 2.44. The number of hydrogen-bond donors (Lipinski definition) is 0. The van der Waals surface area contributed by atoms with Crippen molar-refractivity contribution in [3.63, 3.8) is 0 Å². The van der Waals surface area contributed by atoms with Gasteiger partial charge in [-0.1, -0.05) is 61.7 Å². The first-order chi connectivity index (χ1) is 14.9. The average Bonchev–Trinajstić information content (AvgIpc) is 3.17. The van der Waals surface area contributed by atoms with Crippen molar-refractivity contribution in [2.24, 2.45) is 0 Å². The molecule has 5 heteroatoms. The zero-order valence-electron chi connectivity index (χ0n) is 17.4. The van der Waals surface area contributed by atoms with Gasteiger partial charge >= 0.3 is 6.18 Å². The van der Waals surface area contributed by atoms with E-state index in [1.165, 1.54) is 43.7 Å². The second-order valence-corrected chi connectivity index (χ2v) is 8.39. The van der Waals surface area contributed by atoms with Crippen molar-refractivity contribution in [1.29, 1.82) is 0 Å². The van der Waals surface area contributed by atoms with Crippen molar-refractivity contribution in [2.75, 3.05) is 11.9 Å². The summed E-state index contributed by atoms with van der Waals surface area (Å²) in [5.41, 5.74) is 2.79. The Bertz CT molecular complexity index is 1230. The molecule has 1 heterocycles. The lowest BCUT2D eigenvalue weighted by Crippen LogP contribution is -2.15. The molecule has 0 radical (unpaired) electrons. The lowest BCUT2D eigenvalue weighted by atomic mass is 9.83. The van der Waals surface area contributed by atoms with Crippen molar-refractivity contribution in [3.05, 3.63) is 71.8 Å². The van der Waals surface area contributed by atoms with Gasteiger partial charge in [0.05, 0.1) is 11.3 Å². The summed E-state index contributed by atoms with van der Waals surface area (Å²) in [5.74, 6) is 0.513. The molecule has 0 saturated heterocycles. The number of anilines is 2. The van der Waals surface area contributed by atoms with Gasteiger partial charge in [-0.05, 0) is 42.5 Å². The Morgan fingerprint density at radius 2 is 1.42 bits per heavy atom. The third-order valence-electron chi connectivity index (χ3n) is 6.51. The summed E-state index contributed by atoms with van der Waals surface area (Å²) in [7, 11) is 1.97. The van der Waals surface area contributed by atoms with Crippen LogP contribution >= 0.6 is 0 Å². The van der Waals surface area contributed by atoms with E-state index >= 15 is 0 Å². The van der Waals surface area contributed by atoms with Crippen molar-refractivity contribution in [2.45, 2.75) is 44.2 Å². The van der Waals surface area contributed by atoms with Crippen molar-refractivity contribution >= 4 is 33.3 Å². The molecule has 0 spiro atoms. The molecule has 1 fully saturated rings. The van der Waals surface area contributed by atoms with Crippen LogP contribution in [0.4, 0.5) is 24.5 Å². The van der Waals surface area contributed by atoms with Gasteiger partial charge in [-0.3, -0.25) is 0 Å². The molecule has 5 rings (SSSR count). The molecule has 3 aromatic carbocycles. The van der Waals surface area contributed by atoms with E-state index < -0.39 is 11.7 Å². The predicted octanol–water partition coefficient (Wildman–Crippen LogP) is 8.42. The second-order valence-electron chi connectivity index (χ2n) is 8.39. The summed E-state index contributed by atoms with van der Waals surface area (Å²) in [6.45, 7) is 0. The van der Waals surface area contributed by atoms with Gasteiger partial charge in [0.15, 0.2) is 5.58 Å². The summed E-state index contributed by atoms with van der Waals surface area (Å²) in [4.78, 5) is 2.06. The van der Waals surface area contributed by atoms with Gasteiger partial charge in [0.25, 0.3) is 0 Å². The Morgan fingerprint density at radius 3 is 2.16 bits per heavy atom. The SMILES string of the molecule is CN(c1ccccc1C1CCCCC1)c1cccc2c1oc1c(C(F)(F)F)cccc12. The topological polar surface area (TPSA) is 16.4 Å². The van der Waals surface area contributed by atoms with E-state index in [0.29, 0.717) is 22.3 Å². The maximum atomic E-state index is 13.6. The number of fused-ring (bicyclic) bond motifs is 3. The summed E-state index contributed by atoms with van der Waals surface area (Å²) in [5, 5.41) is 1.18. The molecule has 0 aliphatic heterocycles. The second kappa shape index (κ2) is 7.63. The smallest absolute Gasteiger partial charge is 0.420 e. The molecule has 2 nitrogen and oxygen atoms in total. The minimum atomic E-state index is -4.47. The van der Waals surface area contributed by atoms with Gasteiger partial charge in [0.1, 0.15) is 5.58 Å². The fourth-order valence-electron chi connectivity index (χ4n) is 4.97. The standard InChI is InChI=1S/C26H24F3NO/c1-30(22-15-6-5-11-18(22)17-9-3-2-4-10-17)23-16-8-13-20-19-12-7-14-21(26(27,28)29)24(19)31-25(20)23/h5-8,11-17H,2-4,9-10H2,1H3. The quantitative estimate of drug-likeness (QED) is 0.329. The van der Waals surface area contributed by atoms with Crippen molar-refractivity contribution in [1.82, 2.24) is 0 Å². The number of furan rings is 1. The Balaban J connectivity index is 1.66. The van der Waals surface area contributed by atoms with Gasteiger partial charge in [0.2, 0.25) is 0 Å². The molecule has 1 saturated carbocycles. The van der Waals surface area contributed by atoms with Crippen molar-refractivity contribution in [3.8, 4) is 0 Å². The first-order valence-electron chi connectivity index (χ1n) is 10.8. The Kier molecular flexibility index (Phi) is 4.92. The van der Waals surface area contributed by atoms with Crippen LogP contribution in [0.2, 0.25) is 0 Å². The van der Waals surface area contributed by atoms with Crippen LogP contribution < -0.4 is 4.90 Å². The number of hydrogen-bond acceptors (Lipinski definition) is 2. The zero-order valence-corrected chi connectivity index (χ0v) is 17.4. The molecular formula is C26H24F3NO. The molecule has 1 aromatic heterocycles. The molecule has 0 bridgehead atoms. The Hall–Kier alpha value is -2.95. The van der Waals surface area contributed by atoms with Crippen LogP contribution in [0, 0.1) is 0 Å². The molecule has 0 N–H and O–H groups in total. The summed E-state index contributed by atoms with van der Waals surface area (Å²) in [6.07, 6.45) is 1.65. The molecule has 160 valence electrons. The van der Waals surface area contributed by atoms with E-state index in [4.69, 9.17) is 4.42 Å². The first-order valence-corrected chi connectivity index (χ1v) is 10.8. The maximum Gasteiger partial charge on any atom is 0.420 e. The molecule has 4 aromatic rings. The Morgan fingerprint density at radius 1 is 0.774 bits per heavy atom. The van der Waals surface area contributed by atoms with Gasteiger partial charge in [0, 0.05) is 23.5 Å². The minimum absolute atomic E-state index is 0.105. The number of halogens is 3. The normalized spacial score (nSPS) is 15.6. The summed E-state index contributed by atoms with van der Waals surface area (Å²) in [6, 6.07) is 18.2. The van der Waals surface area contributed by atoms with Gasteiger partial charge in [-0.2, -0.15) is 13.2 Å². The highest BCUT2D eigenvalue weighted by Gasteiger charge is 2.34. The van der Waals surface area contributed by atoms with Crippen LogP contribution in [-0.2, 0) is 6.18 Å². The Labute approximate surface area is 179 Å². The largest absolute Gasteiger partial charge is 0.453 e. The third kappa shape index (κ3) is 3.46. The molecule has 0 amide bonds. The zero-order chi connectivity index (χ0) is 21.6. The first kappa shape index (κ1) is 20.0. The molecular weight excluding hydrogens is 399 g/mol. The fourth-order valence-corrected chi connectivity index (χ4v) is 4.97. The van der Waals surface area contributed by atoms with E-state index in [1.54, 1.807) is 6.07 Å². The molecule has 0 atom stereocenters. The highest BCUT2D eigenvalue weighted by atomic mass is 19.4. The maximum absolute atomic E-state index is 13.6. The fraction of sp³-hybridized carbons (Fsp3) is 0.308. The lowest BCUT2D eigenvalue weighted by Gasteiger charge is -2.29. The molecule has 1 aliphatic carbocycles. The number of nitrogens with zero attached hydrogens (tertiary/aromatic N) is 1. The van der Waals surface area contributed by atoms with Crippen LogP contribution in [0.25, 0.3) is 21.9 Å². The lowest BCUT2D eigenvalue weighted by molar-refractivity contribution is -0.136. The minimum Gasteiger partial charge on any atom is -0.453 e. The van der Waals surface area contributed by atoms with E-state index in [1.807, 2.05) is 31.3 Å². The van der Waals surface area contributed by atoms with Crippen LogP contribution in [0.1, 0.15) is 49.1 Å². The number of benzene rings is 3. The molecule has 1 aliphatic rings. The molecule has 31 heavy (non-hydrogen) atoms. The van der Waals surface area contributed by atoms with E-state index in [0.717, 1.165) is 17.4 Å². The van der Waals surface area contributed by atoms with Gasteiger partial charge in [-0.25, -0.2) is 0 Å². The number of para-hydroxylation sites is 3. The molecule has 0 unspecified atom stereocenters. The summed E-state index contributed by atoms with van der Waals surface area (Å²) >= 11 is 0. The predicted molar refractivity (Wildman–Crippen MR) is 119 cm³/mol. The number of rotatable bonds is 3. The van der Waals surface area contributed by atoms with Gasteiger partial charge < -0.3 is 9.32 Å². The summed E-state index contributed by atoms with van der Waals surface area (Å²) < 4.78 is 46.6. The van der Waals surface area contributed by atoms with E-state index in [9.17, 15) is 13.2 Å².